The average Bonchev–Trinajstić information content (AvgIpc) is 3.63. The SMILES string of the molecule is O=[N+]([O-])c1ccc(C(OP(=O)(N2CC2)N2CC2)C(F)(F)F)cc1Oc1ccc(F)c(C(F)(F)F)c1. The molecule has 0 N–H and O–H groups in total. The molecular weight excluding hydrogens is 514 g/mol. The van der Waals surface area contributed by atoms with Crippen LogP contribution in [0.5, 0.6) is 11.5 Å². The van der Waals surface area contributed by atoms with Gasteiger partial charge in [-0.25, -0.2) is 13.7 Å². The van der Waals surface area contributed by atoms with Crippen LogP contribution in [0.2, 0.25) is 0 Å². The van der Waals surface area contributed by atoms with Crippen LogP contribution < -0.4 is 4.74 Å². The normalized spacial score (nSPS) is 17.8. The van der Waals surface area contributed by atoms with Gasteiger partial charge in [0.15, 0.2) is 6.10 Å². The zero-order valence-electron chi connectivity index (χ0n) is 17.3. The van der Waals surface area contributed by atoms with E-state index in [-0.39, 0.29) is 32.2 Å². The summed E-state index contributed by atoms with van der Waals surface area (Å²) >= 11 is 0. The molecule has 8 nitrogen and oxygen atoms in total. The molecule has 0 bridgehead atoms. The molecule has 16 heteroatoms. The van der Waals surface area contributed by atoms with E-state index < -0.39 is 65.2 Å². The van der Waals surface area contributed by atoms with E-state index in [0.717, 1.165) is 12.1 Å². The molecule has 2 aromatic rings. The summed E-state index contributed by atoms with van der Waals surface area (Å²) < 4.78 is 120. The van der Waals surface area contributed by atoms with Crippen LogP contribution in [-0.4, -0.2) is 46.6 Å². The quantitative estimate of drug-likeness (QED) is 0.138. The van der Waals surface area contributed by atoms with E-state index >= 15 is 0 Å². The molecule has 1 atom stereocenters. The maximum absolute atomic E-state index is 13.9. The lowest BCUT2D eigenvalue weighted by Gasteiger charge is -2.28. The van der Waals surface area contributed by atoms with Crippen molar-refractivity contribution in [2.45, 2.75) is 18.5 Å². The van der Waals surface area contributed by atoms with Crippen molar-refractivity contribution in [2.75, 3.05) is 26.2 Å². The van der Waals surface area contributed by atoms with Crippen LogP contribution in [0.25, 0.3) is 0 Å². The van der Waals surface area contributed by atoms with Crippen molar-refractivity contribution in [2.24, 2.45) is 0 Å². The lowest BCUT2D eigenvalue weighted by Crippen LogP contribution is -2.25. The van der Waals surface area contributed by atoms with Gasteiger partial charge in [0.05, 0.1) is 10.5 Å². The van der Waals surface area contributed by atoms with E-state index in [1.807, 2.05) is 0 Å². The van der Waals surface area contributed by atoms with Crippen molar-refractivity contribution < 1.29 is 49.5 Å². The predicted octanol–water partition coefficient (Wildman–Crippen LogP) is 5.90. The third-order valence-electron chi connectivity index (χ3n) is 5.06. The highest BCUT2D eigenvalue weighted by molar-refractivity contribution is 7.54. The van der Waals surface area contributed by atoms with Crippen molar-refractivity contribution in [1.29, 1.82) is 0 Å². The standard InChI is InChI=1S/C19H15F7N3O5P/c20-14-3-2-12(10-13(14)18(21,22)23)33-16-9-11(1-4-15(16)29(30)31)17(19(24,25)26)34-35(32,27-5-6-27)28-7-8-28/h1-4,9-10,17H,5-8H2. The fourth-order valence-electron chi connectivity index (χ4n) is 3.19. The van der Waals surface area contributed by atoms with Crippen LogP contribution in [-0.2, 0) is 15.3 Å². The second-order valence-electron chi connectivity index (χ2n) is 7.65. The van der Waals surface area contributed by atoms with Gasteiger partial charge in [-0.1, -0.05) is 0 Å². The molecule has 2 heterocycles. The van der Waals surface area contributed by atoms with Crippen LogP contribution >= 0.6 is 7.67 Å². The Morgan fingerprint density at radius 1 is 0.971 bits per heavy atom. The van der Waals surface area contributed by atoms with Crippen molar-refractivity contribution in [3.63, 3.8) is 0 Å². The number of nitro groups is 1. The molecule has 0 saturated carbocycles. The average molecular weight is 529 g/mol. The van der Waals surface area contributed by atoms with Crippen molar-refractivity contribution in [3.05, 3.63) is 63.5 Å². The van der Waals surface area contributed by atoms with Gasteiger partial charge in [0, 0.05) is 32.2 Å². The monoisotopic (exact) mass is 529 g/mol. The predicted molar refractivity (Wildman–Crippen MR) is 105 cm³/mol. The highest BCUT2D eigenvalue weighted by Gasteiger charge is 2.55. The summed E-state index contributed by atoms with van der Waals surface area (Å²) in [6, 6.07) is 3.30. The maximum Gasteiger partial charge on any atom is 0.419 e. The topological polar surface area (TPSA) is 84.7 Å². The maximum atomic E-state index is 13.9. The number of halogens is 7. The fourth-order valence-corrected chi connectivity index (χ4v) is 5.52. The number of nitro benzene ring substituents is 1. The molecule has 0 radical (unpaired) electrons. The van der Waals surface area contributed by atoms with Gasteiger partial charge in [0.2, 0.25) is 5.75 Å². The molecule has 0 aromatic heterocycles. The molecule has 2 fully saturated rings. The van der Waals surface area contributed by atoms with Crippen molar-refractivity contribution in [1.82, 2.24) is 9.34 Å². The van der Waals surface area contributed by atoms with Crippen LogP contribution in [0.1, 0.15) is 17.2 Å². The molecule has 2 aliphatic rings. The first-order valence-electron chi connectivity index (χ1n) is 9.89. The Morgan fingerprint density at radius 2 is 1.57 bits per heavy atom. The molecule has 4 rings (SSSR count). The molecule has 0 amide bonds. The van der Waals surface area contributed by atoms with E-state index in [4.69, 9.17) is 9.26 Å². The third kappa shape index (κ3) is 5.42. The Hall–Kier alpha value is -2.74. The van der Waals surface area contributed by atoms with Crippen molar-refractivity contribution in [3.8, 4) is 11.5 Å². The summed E-state index contributed by atoms with van der Waals surface area (Å²) in [4.78, 5) is 10.3. The molecular formula is C19H15F7N3O5P. The molecule has 2 aliphatic heterocycles. The van der Waals surface area contributed by atoms with Gasteiger partial charge in [-0.15, -0.1) is 0 Å². The largest absolute Gasteiger partial charge is 0.450 e. The Kier molecular flexibility index (Phi) is 6.32. The zero-order chi connectivity index (χ0) is 25.8. The second kappa shape index (κ2) is 8.73. The minimum absolute atomic E-state index is 0.221. The van der Waals surface area contributed by atoms with Gasteiger partial charge in [-0.2, -0.15) is 26.3 Å². The summed E-state index contributed by atoms with van der Waals surface area (Å²) in [7, 11) is -4.00. The first-order chi connectivity index (χ1) is 16.2. The Bertz CT molecular complexity index is 1180. The van der Waals surface area contributed by atoms with Gasteiger partial charge >= 0.3 is 25.7 Å². The lowest BCUT2D eigenvalue weighted by molar-refractivity contribution is -0.385. The minimum atomic E-state index is -5.12. The smallest absolute Gasteiger partial charge is 0.419 e. The van der Waals surface area contributed by atoms with Crippen LogP contribution in [0.3, 0.4) is 0 Å². The summed E-state index contributed by atoms with van der Waals surface area (Å²) in [5.41, 5.74) is -3.32. The molecule has 0 spiro atoms. The number of nitrogens with zero attached hydrogens (tertiary/aromatic N) is 3. The first-order valence-corrected chi connectivity index (χ1v) is 11.4. The Morgan fingerprint density at radius 3 is 2.06 bits per heavy atom. The van der Waals surface area contributed by atoms with E-state index in [1.54, 1.807) is 0 Å². The van der Waals surface area contributed by atoms with Crippen LogP contribution in [0.15, 0.2) is 36.4 Å². The molecule has 2 aromatic carbocycles. The molecule has 35 heavy (non-hydrogen) atoms. The van der Waals surface area contributed by atoms with E-state index in [0.29, 0.717) is 18.2 Å². The number of hydrogen-bond donors (Lipinski definition) is 0. The molecule has 190 valence electrons. The highest BCUT2D eigenvalue weighted by atomic mass is 31.2. The van der Waals surface area contributed by atoms with E-state index in [1.165, 1.54) is 9.34 Å². The molecule has 1 unspecified atom stereocenters. The van der Waals surface area contributed by atoms with Gasteiger partial charge in [-0.3, -0.25) is 19.2 Å². The number of hydrogen-bond acceptors (Lipinski definition) is 5. The van der Waals surface area contributed by atoms with Gasteiger partial charge < -0.3 is 4.74 Å². The van der Waals surface area contributed by atoms with Gasteiger partial charge in [0.25, 0.3) is 0 Å². The van der Waals surface area contributed by atoms with E-state index in [9.17, 15) is 45.4 Å². The number of ether oxygens (including phenoxy) is 1. The zero-order valence-corrected chi connectivity index (χ0v) is 18.2. The van der Waals surface area contributed by atoms with Gasteiger partial charge in [0.1, 0.15) is 11.6 Å². The first kappa shape index (κ1) is 25.4. The van der Waals surface area contributed by atoms with E-state index in [2.05, 4.69) is 0 Å². The summed E-state index contributed by atoms with van der Waals surface area (Å²) in [6.45, 7) is 1.05. The number of rotatable bonds is 8. The van der Waals surface area contributed by atoms with Gasteiger partial charge in [-0.05, 0) is 35.9 Å². The summed E-state index contributed by atoms with van der Waals surface area (Å²) in [6.07, 6.45) is -13.0. The second-order valence-corrected chi connectivity index (χ2v) is 9.97. The summed E-state index contributed by atoms with van der Waals surface area (Å²) in [5, 5.41) is 11.4. The summed E-state index contributed by atoms with van der Waals surface area (Å²) in [5.74, 6) is -3.19. The van der Waals surface area contributed by atoms with Crippen LogP contribution in [0.4, 0.5) is 36.4 Å². The minimum Gasteiger partial charge on any atom is -0.450 e. The Labute approximate surface area is 192 Å². The molecule has 2 saturated heterocycles. The number of benzene rings is 2. The highest BCUT2D eigenvalue weighted by Crippen LogP contribution is 2.64. The van der Waals surface area contributed by atoms with Crippen molar-refractivity contribution >= 4 is 13.4 Å². The Balaban J connectivity index is 1.72. The lowest BCUT2D eigenvalue weighted by atomic mass is 10.1. The molecule has 0 aliphatic carbocycles. The third-order valence-corrected chi connectivity index (χ3v) is 7.77. The number of alkyl halides is 6. The fraction of sp³-hybridized carbons (Fsp3) is 0.368. The van der Waals surface area contributed by atoms with Crippen LogP contribution in [0, 0.1) is 15.9 Å².